The second-order valence-electron chi connectivity index (χ2n) is 6.37. The highest BCUT2D eigenvalue weighted by Gasteiger charge is 2.36. The third-order valence-corrected chi connectivity index (χ3v) is 5.77. The van der Waals surface area contributed by atoms with Crippen LogP contribution < -0.4 is 5.32 Å². The number of thiophene rings is 1. The number of carbonyl (C=O) groups excluding carboxylic acids is 1. The Kier molecular flexibility index (Phi) is 3.95. The average Bonchev–Trinajstić information content (AvgIpc) is 3.27. The second-order valence-corrected chi connectivity index (χ2v) is 7.32. The lowest BCUT2D eigenvalue weighted by atomic mass is 9.99. The molecule has 1 amide bonds. The highest BCUT2D eigenvalue weighted by molar-refractivity contribution is 7.13. The lowest BCUT2D eigenvalue weighted by molar-refractivity contribution is 0.0909. The van der Waals surface area contributed by atoms with Gasteiger partial charge in [-0.05, 0) is 44.2 Å². The number of carbonyl (C=O) groups is 1. The van der Waals surface area contributed by atoms with E-state index in [1.165, 1.54) is 25.8 Å². The minimum Gasteiger partial charge on any atom is -0.440 e. The number of hydrogen-bond acceptors (Lipinski definition) is 5. The lowest BCUT2D eigenvalue weighted by Gasteiger charge is -2.32. The Morgan fingerprint density at radius 1 is 1.39 bits per heavy atom. The Morgan fingerprint density at radius 3 is 3.13 bits per heavy atom. The number of nitrogens with zero attached hydrogens (tertiary/aromatic N) is 2. The van der Waals surface area contributed by atoms with Crippen molar-refractivity contribution in [1.82, 2.24) is 15.2 Å². The summed E-state index contributed by atoms with van der Waals surface area (Å²) in [4.78, 5) is 20.5. The van der Waals surface area contributed by atoms with Gasteiger partial charge < -0.3 is 9.73 Å². The van der Waals surface area contributed by atoms with Crippen LogP contribution in [0.1, 0.15) is 41.9 Å². The fourth-order valence-corrected chi connectivity index (χ4v) is 4.41. The van der Waals surface area contributed by atoms with Gasteiger partial charge in [-0.1, -0.05) is 12.5 Å². The van der Waals surface area contributed by atoms with Crippen LogP contribution in [0.3, 0.4) is 0 Å². The Hall–Kier alpha value is -1.66. The molecule has 2 atom stereocenters. The van der Waals surface area contributed by atoms with Crippen LogP contribution in [0.4, 0.5) is 0 Å². The van der Waals surface area contributed by atoms with Crippen LogP contribution in [-0.2, 0) is 0 Å². The van der Waals surface area contributed by atoms with E-state index in [1.807, 2.05) is 17.5 Å². The summed E-state index contributed by atoms with van der Waals surface area (Å²) in [7, 11) is 0. The van der Waals surface area contributed by atoms with E-state index in [0.29, 0.717) is 23.4 Å². The molecule has 2 aliphatic rings. The molecule has 5 nitrogen and oxygen atoms in total. The summed E-state index contributed by atoms with van der Waals surface area (Å²) in [5.74, 6) is 1.02. The van der Waals surface area contributed by atoms with Gasteiger partial charge >= 0.3 is 0 Å². The number of rotatable bonds is 3. The van der Waals surface area contributed by atoms with Gasteiger partial charge in [-0.25, -0.2) is 4.98 Å². The number of aromatic nitrogens is 1. The summed E-state index contributed by atoms with van der Waals surface area (Å²) < 4.78 is 5.68. The zero-order valence-electron chi connectivity index (χ0n) is 13.2. The molecule has 4 heterocycles. The van der Waals surface area contributed by atoms with Gasteiger partial charge in [-0.2, -0.15) is 0 Å². The molecule has 6 heteroatoms. The molecule has 0 bridgehead atoms. The number of amides is 1. The number of oxazole rings is 1. The van der Waals surface area contributed by atoms with Gasteiger partial charge in [-0.15, -0.1) is 11.3 Å². The summed E-state index contributed by atoms with van der Waals surface area (Å²) in [5.41, 5.74) is 0.419. The van der Waals surface area contributed by atoms with E-state index in [9.17, 15) is 4.79 Å². The SMILES string of the molecule is Cc1oc(-c2cccs2)nc1C(=O)N[C@@H]1CCN2CCCC[C@H]12. The van der Waals surface area contributed by atoms with E-state index in [2.05, 4.69) is 15.2 Å². The van der Waals surface area contributed by atoms with Gasteiger partial charge in [0.25, 0.3) is 5.91 Å². The third-order valence-electron chi connectivity index (χ3n) is 4.92. The van der Waals surface area contributed by atoms with Crippen molar-refractivity contribution < 1.29 is 9.21 Å². The van der Waals surface area contributed by atoms with Crippen molar-refractivity contribution in [2.24, 2.45) is 0 Å². The maximum Gasteiger partial charge on any atom is 0.273 e. The quantitative estimate of drug-likeness (QED) is 0.939. The summed E-state index contributed by atoms with van der Waals surface area (Å²) in [6.45, 7) is 4.07. The van der Waals surface area contributed by atoms with Crippen LogP contribution in [0, 0.1) is 6.92 Å². The number of hydrogen-bond donors (Lipinski definition) is 1. The van der Waals surface area contributed by atoms with Gasteiger partial charge in [-0.3, -0.25) is 9.69 Å². The van der Waals surface area contributed by atoms with Gasteiger partial charge in [0.05, 0.1) is 4.88 Å². The molecule has 4 rings (SSSR count). The normalized spacial score (nSPS) is 24.6. The molecule has 0 spiro atoms. The summed E-state index contributed by atoms with van der Waals surface area (Å²) in [5, 5.41) is 5.17. The number of aryl methyl sites for hydroxylation is 1. The highest BCUT2D eigenvalue weighted by atomic mass is 32.1. The first-order valence-electron chi connectivity index (χ1n) is 8.28. The van der Waals surface area contributed by atoms with Crippen LogP contribution in [0.15, 0.2) is 21.9 Å². The fourth-order valence-electron chi connectivity index (χ4n) is 3.77. The van der Waals surface area contributed by atoms with Crippen molar-refractivity contribution in [2.45, 2.75) is 44.7 Å². The van der Waals surface area contributed by atoms with Crippen molar-refractivity contribution >= 4 is 17.2 Å². The summed E-state index contributed by atoms with van der Waals surface area (Å²) in [6.07, 6.45) is 4.76. The standard InChI is InChI=1S/C17H21N3O2S/c1-11-15(19-17(22-11)14-6-4-10-23-14)16(21)18-12-7-9-20-8-3-2-5-13(12)20/h4,6,10,12-13H,2-3,5,7-9H2,1H3,(H,18,21)/t12-,13-/m1/s1. The van der Waals surface area contributed by atoms with Crippen LogP contribution in [0.25, 0.3) is 10.8 Å². The van der Waals surface area contributed by atoms with Gasteiger partial charge in [0.1, 0.15) is 5.76 Å². The minimum atomic E-state index is -0.105. The van der Waals surface area contributed by atoms with Crippen molar-refractivity contribution in [3.05, 3.63) is 29.0 Å². The molecular weight excluding hydrogens is 310 g/mol. The van der Waals surface area contributed by atoms with Crippen molar-refractivity contribution in [3.8, 4) is 10.8 Å². The predicted molar refractivity (Wildman–Crippen MR) is 89.6 cm³/mol. The molecule has 0 saturated carbocycles. The molecule has 2 aromatic rings. The van der Waals surface area contributed by atoms with Crippen LogP contribution in [0.5, 0.6) is 0 Å². The van der Waals surface area contributed by atoms with E-state index in [-0.39, 0.29) is 11.9 Å². The molecular formula is C17H21N3O2S. The van der Waals surface area contributed by atoms with Crippen LogP contribution in [0.2, 0.25) is 0 Å². The number of fused-ring (bicyclic) bond motifs is 1. The predicted octanol–water partition coefficient (Wildman–Crippen LogP) is 3.07. The highest BCUT2D eigenvalue weighted by Crippen LogP contribution is 2.28. The topological polar surface area (TPSA) is 58.4 Å². The molecule has 2 aromatic heterocycles. The second kappa shape index (κ2) is 6.09. The Morgan fingerprint density at radius 2 is 2.30 bits per heavy atom. The molecule has 0 aromatic carbocycles. The van der Waals surface area contributed by atoms with E-state index in [4.69, 9.17) is 4.42 Å². The number of piperidine rings is 1. The number of nitrogens with one attached hydrogen (secondary N) is 1. The fraction of sp³-hybridized carbons (Fsp3) is 0.529. The van der Waals surface area contributed by atoms with Crippen molar-refractivity contribution in [3.63, 3.8) is 0 Å². The first kappa shape index (κ1) is 14.9. The van der Waals surface area contributed by atoms with Gasteiger partial charge in [0.15, 0.2) is 5.69 Å². The molecule has 0 aliphatic carbocycles. The molecule has 2 saturated heterocycles. The average molecular weight is 331 g/mol. The molecule has 1 N–H and O–H groups in total. The smallest absolute Gasteiger partial charge is 0.273 e. The molecule has 2 fully saturated rings. The maximum atomic E-state index is 12.6. The van der Waals surface area contributed by atoms with E-state index < -0.39 is 0 Å². The Balaban J connectivity index is 1.49. The minimum absolute atomic E-state index is 0.105. The molecule has 23 heavy (non-hydrogen) atoms. The van der Waals surface area contributed by atoms with E-state index in [0.717, 1.165) is 17.8 Å². The Labute approximate surface area is 139 Å². The molecule has 0 unspecified atom stereocenters. The van der Waals surface area contributed by atoms with Crippen molar-refractivity contribution in [1.29, 1.82) is 0 Å². The zero-order chi connectivity index (χ0) is 15.8. The molecule has 122 valence electrons. The third kappa shape index (κ3) is 2.81. The summed E-state index contributed by atoms with van der Waals surface area (Å²) >= 11 is 1.56. The van der Waals surface area contributed by atoms with Crippen molar-refractivity contribution in [2.75, 3.05) is 13.1 Å². The molecule has 0 radical (unpaired) electrons. The lowest BCUT2D eigenvalue weighted by Crippen LogP contribution is -2.46. The van der Waals surface area contributed by atoms with Gasteiger partial charge in [0, 0.05) is 18.6 Å². The first-order chi connectivity index (χ1) is 11.2. The van der Waals surface area contributed by atoms with Gasteiger partial charge in [0.2, 0.25) is 5.89 Å². The zero-order valence-corrected chi connectivity index (χ0v) is 14.1. The molecule has 2 aliphatic heterocycles. The first-order valence-corrected chi connectivity index (χ1v) is 9.16. The van der Waals surface area contributed by atoms with E-state index >= 15 is 0 Å². The van der Waals surface area contributed by atoms with E-state index in [1.54, 1.807) is 18.3 Å². The Bertz CT molecular complexity index is 695. The summed E-state index contributed by atoms with van der Waals surface area (Å²) in [6, 6.07) is 4.64. The largest absolute Gasteiger partial charge is 0.440 e. The van der Waals surface area contributed by atoms with Crippen LogP contribution >= 0.6 is 11.3 Å². The van der Waals surface area contributed by atoms with Crippen LogP contribution in [-0.4, -0.2) is 41.0 Å². The maximum absolute atomic E-state index is 12.6. The monoisotopic (exact) mass is 331 g/mol.